The lowest BCUT2D eigenvalue weighted by atomic mass is 10.0. The number of nitrogens with one attached hydrogen (secondary N) is 1. The van der Waals surface area contributed by atoms with Gasteiger partial charge in [0.1, 0.15) is 6.54 Å². The Morgan fingerprint density at radius 3 is 2.80 bits per heavy atom. The van der Waals surface area contributed by atoms with Crippen LogP contribution in [-0.4, -0.2) is 53.3 Å². The van der Waals surface area contributed by atoms with E-state index < -0.39 is 28.4 Å². The predicted octanol–water partition coefficient (Wildman–Crippen LogP) is 0.0116. The largest absolute Gasteiger partial charge is 0.624 e. The molecule has 3 rings (SSSR count). The molecule has 2 atom stereocenters. The van der Waals surface area contributed by atoms with Gasteiger partial charge in [0.2, 0.25) is 5.91 Å². The summed E-state index contributed by atoms with van der Waals surface area (Å²) in [6.07, 6.45) is 0.740. The van der Waals surface area contributed by atoms with E-state index >= 15 is 0 Å². The van der Waals surface area contributed by atoms with E-state index in [4.69, 9.17) is 9.84 Å². The molecule has 0 aromatic heterocycles. The van der Waals surface area contributed by atoms with Gasteiger partial charge in [0.15, 0.2) is 6.04 Å². The molecule has 8 heteroatoms. The lowest BCUT2D eigenvalue weighted by Gasteiger charge is -2.42. The average Bonchev–Trinajstić information content (AvgIpc) is 2.83. The number of aliphatic hydroxyl groups is 1. The molecule has 0 aliphatic carbocycles. The molecular weight excluding hydrogens is 328 g/mol. The maximum Gasteiger partial charge on any atom is 0.347 e. The molecule has 25 heavy (non-hydrogen) atoms. The van der Waals surface area contributed by atoms with Gasteiger partial charge in [-0.15, -0.1) is 0 Å². The molecule has 2 aliphatic rings. The van der Waals surface area contributed by atoms with Gasteiger partial charge in [0, 0.05) is 18.4 Å². The Morgan fingerprint density at radius 1 is 1.28 bits per heavy atom. The van der Waals surface area contributed by atoms with Gasteiger partial charge in [-0.1, -0.05) is 6.07 Å². The summed E-state index contributed by atoms with van der Waals surface area (Å²) >= 11 is 0. The summed E-state index contributed by atoms with van der Waals surface area (Å²) in [6, 6.07) is 4.08. The number of hydrogen-bond acceptors (Lipinski definition) is 6. The molecule has 2 N–H and O–H groups in total. The van der Waals surface area contributed by atoms with Gasteiger partial charge in [0.05, 0.1) is 25.4 Å². The topological polar surface area (TPSA) is 116 Å². The van der Waals surface area contributed by atoms with E-state index in [1.807, 2.05) is 0 Å². The molecule has 8 nitrogen and oxygen atoms in total. The van der Waals surface area contributed by atoms with E-state index in [2.05, 4.69) is 5.32 Å². The van der Waals surface area contributed by atoms with Crippen molar-refractivity contribution < 1.29 is 28.9 Å². The van der Waals surface area contributed by atoms with E-state index in [-0.39, 0.29) is 32.6 Å². The SMILES string of the molecule is O=C1CCC([N+]2([O-])Cc3cc(CCOCCO)ccc3C2=O)C(=O)N1. The lowest BCUT2D eigenvalue weighted by molar-refractivity contribution is -0.825. The third-order valence-corrected chi connectivity index (χ3v) is 4.63. The van der Waals surface area contributed by atoms with Gasteiger partial charge in [-0.25, -0.2) is 4.79 Å². The Labute approximate surface area is 144 Å². The highest BCUT2D eigenvalue weighted by Gasteiger charge is 2.49. The Morgan fingerprint density at radius 2 is 2.08 bits per heavy atom. The van der Waals surface area contributed by atoms with Crippen LogP contribution in [0.4, 0.5) is 0 Å². The smallest absolute Gasteiger partial charge is 0.347 e. The maximum absolute atomic E-state index is 13.1. The van der Waals surface area contributed by atoms with Crippen LogP contribution in [0, 0.1) is 5.21 Å². The highest BCUT2D eigenvalue weighted by Crippen LogP contribution is 2.34. The van der Waals surface area contributed by atoms with Crippen LogP contribution in [-0.2, 0) is 27.3 Å². The quantitative estimate of drug-likeness (QED) is 0.324. The zero-order valence-corrected chi connectivity index (χ0v) is 13.7. The summed E-state index contributed by atoms with van der Waals surface area (Å²) in [7, 11) is 0. The number of hydroxylamine groups is 3. The summed E-state index contributed by atoms with van der Waals surface area (Å²) in [4.78, 5) is 35.9. The van der Waals surface area contributed by atoms with Crippen molar-refractivity contribution >= 4 is 17.7 Å². The van der Waals surface area contributed by atoms with Crippen LogP contribution in [0.25, 0.3) is 0 Å². The number of imide groups is 1. The number of ether oxygens (including phenoxy) is 1. The highest BCUT2D eigenvalue weighted by molar-refractivity contribution is 6.02. The van der Waals surface area contributed by atoms with Crippen molar-refractivity contribution in [2.24, 2.45) is 0 Å². The first-order chi connectivity index (χ1) is 12.0. The zero-order valence-electron chi connectivity index (χ0n) is 13.7. The minimum absolute atomic E-state index is 0.0408. The number of quaternary nitrogens is 1. The fourth-order valence-electron chi connectivity index (χ4n) is 3.36. The first-order valence-corrected chi connectivity index (χ1v) is 8.23. The van der Waals surface area contributed by atoms with Crippen LogP contribution in [0.1, 0.15) is 34.3 Å². The summed E-state index contributed by atoms with van der Waals surface area (Å²) in [5, 5.41) is 24.0. The molecular formula is C17H20N2O6. The van der Waals surface area contributed by atoms with Gasteiger partial charge in [-0.2, -0.15) is 0 Å². The monoisotopic (exact) mass is 348 g/mol. The van der Waals surface area contributed by atoms with Crippen molar-refractivity contribution in [3.63, 3.8) is 0 Å². The Bertz CT molecular complexity index is 719. The Hall–Kier alpha value is -2.13. The van der Waals surface area contributed by atoms with E-state index in [9.17, 15) is 19.6 Å². The van der Waals surface area contributed by atoms with Crippen molar-refractivity contribution in [3.8, 4) is 0 Å². The molecule has 134 valence electrons. The molecule has 3 amide bonds. The van der Waals surface area contributed by atoms with Crippen LogP contribution in [0.5, 0.6) is 0 Å². The number of amides is 3. The molecule has 2 aliphatic heterocycles. The predicted molar refractivity (Wildman–Crippen MR) is 85.9 cm³/mol. The van der Waals surface area contributed by atoms with Gasteiger partial charge in [0.25, 0.3) is 5.91 Å². The molecule has 0 spiro atoms. The van der Waals surface area contributed by atoms with Crippen LogP contribution in [0.2, 0.25) is 0 Å². The molecule has 0 saturated carbocycles. The number of carbonyl (C=O) groups is 3. The van der Waals surface area contributed by atoms with Gasteiger partial charge in [-0.05, 0) is 24.1 Å². The third kappa shape index (κ3) is 3.34. The minimum atomic E-state index is -1.26. The van der Waals surface area contributed by atoms with Gasteiger partial charge in [-0.3, -0.25) is 19.6 Å². The fourth-order valence-corrected chi connectivity index (χ4v) is 3.36. The summed E-state index contributed by atoms with van der Waals surface area (Å²) < 4.78 is 3.96. The Balaban J connectivity index is 1.76. The molecule has 2 heterocycles. The summed E-state index contributed by atoms with van der Waals surface area (Å²) in [5.41, 5.74) is 1.87. The average molecular weight is 348 g/mol. The number of benzene rings is 1. The van der Waals surface area contributed by atoms with Gasteiger partial charge >= 0.3 is 5.91 Å². The minimum Gasteiger partial charge on any atom is -0.624 e. The second kappa shape index (κ2) is 7.01. The van der Waals surface area contributed by atoms with E-state index in [1.165, 1.54) is 0 Å². The normalized spacial score (nSPS) is 25.8. The van der Waals surface area contributed by atoms with E-state index in [0.29, 0.717) is 24.2 Å². The molecule has 1 aromatic rings. The molecule has 1 fully saturated rings. The lowest BCUT2D eigenvalue weighted by Crippen LogP contribution is -2.60. The maximum atomic E-state index is 13.1. The van der Waals surface area contributed by atoms with Crippen molar-refractivity contribution in [2.45, 2.75) is 31.8 Å². The number of aliphatic hydroxyl groups excluding tert-OH is 1. The fraction of sp³-hybridized carbons (Fsp3) is 0.471. The van der Waals surface area contributed by atoms with Crippen LogP contribution >= 0.6 is 0 Å². The molecule has 0 radical (unpaired) electrons. The van der Waals surface area contributed by atoms with Crippen molar-refractivity contribution in [2.75, 3.05) is 19.8 Å². The van der Waals surface area contributed by atoms with Crippen LogP contribution in [0.15, 0.2) is 18.2 Å². The van der Waals surface area contributed by atoms with Crippen LogP contribution in [0.3, 0.4) is 0 Å². The second-order valence-electron chi connectivity index (χ2n) is 6.30. The molecule has 1 saturated heterocycles. The highest BCUT2D eigenvalue weighted by atomic mass is 16.6. The number of rotatable bonds is 6. The standard InChI is InChI=1S/C17H20N2O6/c20-6-8-25-7-5-11-1-2-13-12(9-11)10-19(24,17(13)23)14-3-4-15(21)18-16(14)22/h1-2,9,14,20H,3-8,10H2,(H,18,21,22). The summed E-state index contributed by atoms with van der Waals surface area (Å²) in [5.74, 6) is -1.72. The first-order valence-electron chi connectivity index (χ1n) is 8.23. The van der Waals surface area contributed by atoms with Crippen molar-refractivity contribution in [1.82, 2.24) is 5.32 Å². The van der Waals surface area contributed by atoms with Crippen LogP contribution < -0.4 is 5.32 Å². The number of carbonyl (C=O) groups excluding carboxylic acids is 3. The molecule has 1 aromatic carbocycles. The third-order valence-electron chi connectivity index (χ3n) is 4.63. The number of fused-ring (bicyclic) bond motifs is 1. The second-order valence-corrected chi connectivity index (χ2v) is 6.30. The first kappa shape index (κ1) is 17.7. The number of piperidine rings is 1. The van der Waals surface area contributed by atoms with Crippen molar-refractivity contribution in [1.29, 1.82) is 0 Å². The Kier molecular flexibility index (Phi) is 4.96. The molecule has 0 bridgehead atoms. The van der Waals surface area contributed by atoms with E-state index in [1.54, 1.807) is 18.2 Å². The molecule has 2 unspecified atom stereocenters. The van der Waals surface area contributed by atoms with Gasteiger partial charge < -0.3 is 15.1 Å². The van der Waals surface area contributed by atoms with E-state index in [0.717, 1.165) is 5.56 Å². The number of hydrogen-bond donors (Lipinski definition) is 2. The number of nitrogens with zero attached hydrogens (tertiary/aromatic N) is 1. The summed E-state index contributed by atoms with van der Waals surface area (Å²) in [6.45, 7) is 0.546. The zero-order chi connectivity index (χ0) is 18.0. The van der Waals surface area contributed by atoms with Crippen molar-refractivity contribution in [3.05, 3.63) is 40.1 Å².